The molecule has 2 heterocycles. The largest absolute Gasteiger partial charge is 0.383 e. The third-order valence-corrected chi connectivity index (χ3v) is 4.56. The average molecular weight is 298 g/mol. The zero-order valence-electron chi connectivity index (χ0n) is 13.7. The zero-order valence-corrected chi connectivity index (χ0v) is 13.7. The van der Waals surface area contributed by atoms with Crippen LogP contribution in [-0.2, 0) is 14.3 Å². The third kappa shape index (κ3) is 4.66. The van der Waals surface area contributed by atoms with Gasteiger partial charge in [-0.1, -0.05) is 13.8 Å². The molecule has 2 aliphatic rings. The molecule has 1 amide bonds. The highest BCUT2D eigenvalue weighted by atomic mass is 16.5. The van der Waals surface area contributed by atoms with E-state index in [-0.39, 0.29) is 0 Å². The molecule has 5 nitrogen and oxygen atoms in total. The first kappa shape index (κ1) is 16.7. The lowest BCUT2D eigenvalue weighted by Gasteiger charge is -2.42. The van der Waals surface area contributed by atoms with Crippen LogP contribution in [0.1, 0.15) is 26.7 Å². The lowest BCUT2D eigenvalue weighted by atomic mass is 9.90. The number of hydrogen-bond donors (Lipinski definition) is 0. The molecular formula is C16H30N2O3. The standard InChI is InChI=1S/C16H30N2O3/c1-13(2)10-16(19)18-5-4-14-12-21-9-7-17(6-8-20-3)15(14)11-18/h13-15H,4-12H2,1-3H3/t14-,15-/m1/s1. The summed E-state index contributed by atoms with van der Waals surface area (Å²) >= 11 is 0. The quantitative estimate of drug-likeness (QED) is 0.765. The van der Waals surface area contributed by atoms with E-state index in [1.165, 1.54) is 0 Å². The Morgan fingerprint density at radius 3 is 2.90 bits per heavy atom. The van der Waals surface area contributed by atoms with E-state index in [0.29, 0.717) is 30.2 Å². The summed E-state index contributed by atoms with van der Waals surface area (Å²) in [7, 11) is 1.74. The third-order valence-electron chi connectivity index (χ3n) is 4.56. The van der Waals surface area contributed by atoms with Crippen LogP contribution in [-0.4, -0.2) is 74.9 Å². The number of rotatable bonds is 5. The second kappa shape index (κ2) is 8.11. The van der Waals surface area contributed by atoms with Crippen LogP contribution in [0.15, 0.2) is 0 Å². The van der Waals surface area contributed by atoms with E-state index in [0.717, 1.165) is 52.4 Å². The van der Waals surface area contributed by atoms with Crippen molar-refractivity contribution >= 4 is 5.91 Å². The van der Waals surface area contributed by atoms with Gasteiger partial charge in [-0.3, -0.25) is 9.69 Å². The maximum absolute atomic E-state index is 12.3. The SMILES string of the molecule is COCCN1CCOC[C@H]2CCN(C(=O)CC(C)C)C[C@H]21. The van der Waals surface area contributed by atoms with Gasteiger partial charge in [-0.2, -0.15) is 0 Å². The van der Waals surface area contributed by atoms with Crippen molar-refractivity contribution in [3.05, 3.63) is 0 Å². The smallest absolute Gasteiger partial charge is 0.222 e. The topological polar surface area (TPSA) is 42.0 Å². The zero-order chi connectivity index (χ0) is 15.2. The molecule has 2 fully saturated rings. The van der Waals surface area contributed by atoms with Crippen molar-refractivity contribution in [3.8, 4) is 0 Å². The molecule has 122 valence electrons. The fraction of sp³-hybridized carbons (Fsp3) is 0.938. The fourth-order valence-corrected chi connectivity index (χ4v) is 3.36. The highest BCUT2D eigenvalue weighted by Crippen LogP contribution is 2.25. The summed E-state index contributed by atoms with van der Waals surface area (Å²) in [5.41, 5.74) is 0. The van der Waals surface area contributed by atoms with Crippen molar-refractivity contribution in [1.82, 2.24) is 9.80 Å². The van der Waals surface area contributed by atoms with Gasteiger partial charge in [-0.05, 0) is 12.3 Å². The van der Waals surface area contributed by atoms with Gasteiger partial charge in [0, 0.05) is 51.7 Å². The minimum absolute atomic E-state index is 0.306. The van der Waals surface area contributed by atoms with Crippen molar-refractivity contribution in [2.45, 2.75) is 32.7 Å². The van der Waals surface area contributed by atoms with Gasteiger partial charge >= 0.3 is 0 Å². The molecule has 2 aliphatic heterocycles. The van der Waals surface area contributed by atoms with Gasteiger partial charge in [0.1, 0.15) is 0 Å². The number of amides is 1. The van der Waals surface area contributed by atoms with Gasteiger partial charge in [-0.15, -0.1) is 0 Å². The Kier molecular flexibility index (Phi) is 6.45. The van der Waals surface area contributed by atoms with Gasteiger partial charge in [0.2, 0.25) is 5.91 Å². The molecule has 21 heavy (non-hydrogen) atoms. The second-order valence-electron chi connectivity index (χ2n) is 6.66. The number of carbonyl (C=O) groups is 1. The van der Waals surface area contributed by atoms with Crippen LogP contribution in [0.3, 0.4) is 0 Å². The number of piperidine rings is 1. The molecule has 2 rings (SSSR count). The lowest BCUT2D eigenvalue weighted by Crippen LogP contribution is -2.55. The van der Waals surface area contributed by atoms with Gasteiger partial charge in [-0.25, -0.2) is 0 Å². The molecule has 0 aromatic carbocycles. The molecule has 5 heteroatoms. The first-order valence-corrected chi connectivity index (χ1v) is 8.20. The van der Waals surface area contributed by atoms with Crippen LogP contribution in [0.25, 0.3) is 0 Å². The predicted octanol–water partition coefficient (Wildman–Crippen LogP) is 1.23. The summed E-state index contributed by atoms with van der Waals surface area (Å²) < 4.78 is 11.0. The Morgan fingerprint density at radius 2 is 2.19 bits per heavy atom. The first-order valence-electron chi connectivity index (χ1n) is 8.20. The summed E-state index contributed by atoms with van der Waals surface area (Å²) in [5, 5.41) is 0. The van der Waals surface area contributed by atoms with Gasteiger partial charge in [0.25, 0.3) is 0 Å². The Labute approximate surface area is 128 Å². The molecule has 0 aromatic rings. The first-order chi connectivity index (χ1) is 10.1. The molecule has 0 spiro atoms. The van der Waals surface area contributed by atoms with Gasteiger partial charge in [0.05, 0.1) is 19.8 Å². The maximum Gasteiger partial charge on any atom is 0.222 e. The summed E-state index contributed by atoms with van der Waals surface area (Å²) in [4.78, 5) is 16.9. The Bertz CT molecular complexity index is 335. The van der Waals surface area contributed by atoms with Crippen LogP contribution in [0.2, 0.25) is 0 Å². The van der Waals surface area contributed by atoms with Crippen LogP contribution < -0.4 is 0 Å². The van der Waals surface area contributed by atoms with E-state index in [1.807, 2.05) is 0 Å². The number of hydrogen-bond acceptors (Lipinski definition) is 4. The molecule has 2 saturated heterocycles. The van der Waals surface area contributed by atoms with Crippen molar-refractivity contribution < 1.29 is 14.3 Å². The normalized spacial score (nSPS) is 27.5. The monoisotopic (exact) mass is 298 g/mol. The number of ether oxygens (including phenoxy) is 2. The number of nitrogens with zero attached hydrogens (tertiary/aromatic N) is 2. The van der Waals surface area contributed by atoms with Crippen LogP contribution in [0.5, 0.6) is 0 Å². The van der Waals surface area contributed by atoms with E-state index in [1.54, 1.807) is 7.11 Å². The Hall–Kier alpha value is -0.650. The Balaban J connectivity index is 1.99. The molecule has 0 unspecified atom stereocenters. The molecule has 0 bridgehead atoms. The molecule has 0 saturated carbocycles. The molecular weight excluding hydrogens is 268 g/mol. The fourth-order valence-electron chi connectivity index (χ4n) is 3.36. The maximum atomic E-state index is 12.3. The molecule has 0 N–H and O–H groups in total. The minimum atomic E-state index is 0.306. The van der Waals surface area contributed by atoms with Crippen molar-refractivity contribution in [3.63, 3.8) is 0 Å². The molecule has 0 aliphatic carbocycles. The minimum Gasteiger partial charge on any atom is -0.383 e. The van der Waals surface area contributed by atoms with E-state index in [4.69, 9.17) is 9.47 Å². The number of fused-ring (bicyclic) bond motifs is 1. The van der Waals surface area contributed by atoms with E-state index >= 15 is 0 Å². The predicted molar refractivity (Wildman–Crippen MR) is 82.2 cm³/mol. The van der Waals surface area contributed by atoms with Gasteiger partial charge in [0.15, 0.2) is 0 Å². The summed E-state index contributed by atoms with van der Waals surface area (Å²) in [6.45, 7) is 10.2. The summed E-state index contributed by atoms with van der Waals surface area (Å²) in [5.74, 6) is 1.28. The number of methoxy groups -OCH3 is 1. The highest BCUT2D eigenvalue weighted by molar-refractivity contribution is 5.76. The van der Waals surface area contributed by atoms with Crippen LogP contribution in [0, 0.1) is 11.8 Å². The summed E-state index contributed by atoms with van der Waals surface area (Å²) in [6.07, 6.45) is 1.71. The number of carbonyl (C=O) groups excluding carboxylic acids is 1. The molecule has 0 aromatic heterocycles. The summed E-state index contributed by atoms with van der Waals surface area (Å²) in [6, 6.07) is 0.424. The van der Waals surface area contributed by atoms with Crippen molar-refractivity contribution in [2.75, 3.05) is 53.1 Å². The van der Waals surface area contributed by atoms with E-state index < -0.39 is 0 Å². The van der Waals surface area contributed by atoms with Crippen LogP contribution in [0.4, 0.5) is 0 Å². The van der Waals surface area contributed by atoms with Crippen molar-refractivity contribution in [1.29, 1.82) is 0 Å². The van der Waals surface area contributed by atoms with Gasteiger partial charge < -0.3 is 14.4 Å². The molecule has 2 atom stereocenters. The Morgan fingerprint density at radius 1 is 1.38 bits per heavy atom. The van der Waals surface area contributed by atoms with Crippen molar-refractivity contribution in [2.24, 2.45) is 11.8 Å². The van der Waals surface area contributed by atoms with E-state index in [9.17, 15) is 4.79 Å². The van der Waals surface area contributed by atoms with E-state index in [2.05, 4.69) is 23.6 Å². The highest BCUT2D eigenvalue weighted by Gasteiger charge is 2.36. The number of likely N-dealkylation sites (tertiary alicyclic amines) is 1. The lowest BCUT2D eigenvalue weighted by molar-refractivity contribution is -0.135. The molecule has 0 radical (unpaired) electrons. The second-order valence-corrected chi connectivity index (χ2v) is 6.66. The van der Waals surface area contributed by atoms with Crippen LogP contribution >= 0.6 is 0 Å². The average Bonchev–Trinajstić information content (AvgIpc) is 2.65.